The molecule has 106 valence electrons. The van der Waals surface area contributed by atoms with Gasteiger partial charge in [0, 0.05) is 6.54 Å². The molecule has 0 aliphatic heterocycles. The summed E-state index contributed by atoms with van der Waals surface area (Å²) in [5.74, 6) is 0.658. The van der Waals surface area contributed by atoms with Crippen molar-refractivity contribution in [2.24, 2.45) is 0 Å². The van der Waals surface area contributed by atoms with Crippen LogP contribution in [0.5, 0.6) is 0 Å². The van der Waals surface area contributed by atoms with Gasteiger partial charge in [0.2, 0.25) is 5.13 Å². The molecular weight excluding hydrogens is 298 g/mol. The van der Waals surface area contributed by atoms with Gasteiger partial charge in [0.15, 0.2) is 4.34 Å². The highest BCUT2D eigenvalue weighted by atomic mass is 32.2. The molecule has 2 aromatic rings. The molecule has 2 aromatic heterocycles. The molecule has 0 aliphatic rings. The average molecular weight is 311 g/mol. The number of hydrogen-bond acceptors (Lipinski definition) is 8. The van der Waals surface area contributed by atoms with Crippen molar-refractivity contribution in [3.05, 3.63) is 36.3 Å². The van der Waals surface area contributed by atoms with E-state index < -0.39 is 5.97 Å². The number of nitrogens with one attached hydrogen (secondary N) is 1. The number of hydrogen-bond donors (Lipinski definition) is 1. The first-order valence-corrected chi connectivity index (χ1v) is 7.50. The van der Waals surface area contributed by atoms with Crippen LogP contribution in [0.2, 0.25) is 0 Å². The van der Waals surface area contributed by atoms with E-state index >= 15 is 0 Å². The molecule has 0 fully saturated rings. The number of furan rings is 1. The Labute approximate surface area is 124 Å². The lowest BCUT2D eigenvalue weighted by molar-refractivity contribution is 0.0598. The number of carbonyl (C=O) groups excluding carboxylic acids is 1. The van der Waals surface area contributed by atoms with Crippen LogP contribution in [-0.4, -0.2) is 29.8 Å². The maximum atomic E-state index is 11.5. The van der Waals surface area contributed by atoms with Crippen LogP contribution in [0.25, 0.3) is 0 Å². The Kier molecular flexibility index (Phi) is 5.19. The molecule has 1 N–H and O–H groups in total. The summed E-state index contributed by atoms with van der Waals surface area (Å²) < 4.78 is 10.8. The Morgan fingerprint density at radius 3 is 3.25 bits per heavy atom. The van der Waals surface area contributed by atoms with Crippen molar-refractivity contribution < 1.29 is 13.9 Å². The minimum Gasteiger partial charge on any atom is -0.468 e. The van der Waals surface area contributed by atoms with E-state index in [1.807, 2.05) is 0 Å². The topological polar surface area (TPSA) is 77.3 Å². The number of rotatable bonds is 7. The molecule has 20 heavy (non-hydrogen) atoms. The van der Waals surface area contributed by atoms with Crippen molar-refractivity contribution >= 4 is 34.2 Å². The van der Waals surface area contributed by atoms with E-state index in [4.69, 9.17) is 4.42 Å². The molecule has 2 rings (SSSR count). The Morgan fingerprint density at radius 1 is 1.65 bits per heavy atom. The van der Waals surface area contributed by atoms with Crippen molar-refractivity contribution in [3.8, 4) is 0 Å². The quantitative estimate of drug-likeness (QED) is 0.478. The van der Waals surface area contributed by atoms with Crippen molar-refractivity contribution in [2.75, 3.05) is 19.0 Å². The van der Waals surface area contributed by atoms with E-state index in [-0.39, 0.29) is 0 Å². The van der Waals surface area contributed by atoms with E-state index in [1.54, 1.807) is 12.1 Å². The third-order valence-electron chi connectivity index (χ3n) is 2.28. The molecule has 0 spiro atoms. The molecule has 8 heteroatoms. The normalized spacial score (nSPS) is 10.2. The second-order valence-electron chi connectivity index (χ2n) is 3.58. The lowest BCUT2D eigenvalue weighted by Crippen LogP contribution is -2.02. The van der Waals surface area contributed by atoms with Gasteiger partial charge in [0.05, 0.1) is 19.1 Å². The molecule has 0 unspecified atom stereocenters. The summed E-state index contributed by atoms with van der Waals surface area (Å²) in [5.41, 5.74) is 0.439. The third-order valence-corrected chi connectivity index (χ3v) is 4.30. The number of esters is 1. The maximum absolute atomic E-state index is 11.5. The SMILES string of the molecule is C=CCNc1nnc(SCc2occc2C(=O)OC)s1. The van der Waals surface area contributed by atoms with E-state index in [2.05, 4.69) is 26.8 Å². The zero-order chi connectivity index (χ0) is 14.4. The van der Waals surface area contributed by atoms with Gasteiger partial charge in [-0.2, -0.15) is 0 Å². The number of thioether (sulfide) groups is 1. The zero-order valence-electron chi connectivity index (χ0n) is 10.8. The first-order valence-electron chi connectivity index (χ1n) is 5.70. The van der Waals surface area contributed by atoms with Crippen LogP contribution in [0.15, 0.2) is 33.7 Å². The molecule has 6 nitrogen and oxygen atoms in total. The molecule has 2 heterocycles. The second kappa shape index (κ2) is 7.11. The van der Waals surface area contributed by atoms with Crippen molar-refractivity contribution in [1.29, 1.82) is 0 Å². The Balaban J connectivity index is 1.95. The summed E-state index contributed by atoms with van der Waals surface area (Å²) in [4.78, 5) is 11.5. The maximum Gasteiger partial charge on any atom is 0.341 e. The number of aromatic nitrogens is 2. The highest BCUT2D eigenvalue weighted by molar-refractivity contribution is 8.00. The van der Waals surface area contributed by atoms with Crippen LogP contribution in [-0.2, 0) is 10.5 Å². The summed E-state index contributed by atoms with van der Waals surface area (Å²) in [6.45, 7) is 4.26. The van der Waals surface area contributed by atoms with Gasteiger partial charge < -0.3 is 14.5 Å². The largest absolute Gasteiger partial charge is 0.468 e. The molecule has 0 aromatic carbocycles. The van der Waals surface area contributed by atoms with Gasteiger partial charge in [0.25, 0.3) is 0 Å². The van der Waals surface area contributed by atoms with E-state index in [9.17, 15) is 4.79 Å². The fourth-order valence-electron chi connectivity index (χ4n) is 1.37. The zero-order valence-corrected chi connectivity index (χ0v) is 12.4. The summed E-state index contributed by atoms with van der Waals surface area (Å²) in [7, 11) is 1.34. The Hall–Kier alpha value is -1.80. The van der Waals surface area contributed by atoms with Gasteiger partial charge in [0.1, 0.15) is 11.3 Å². The fraction of sp³-hybridized carbons (Fsp3) is 0.250. The van der Waals surface area contributed by atoms with Crippen LogP contribution in [0.1, 0.15) is 16.1 Å². The lowest BCUT2D eigenvalue weighted by Gasteiger charge is -1.99. The fourth-order valence-corrected chi connectivity index (χ4v) is 3.08. The highest BCUT2D eigenvalue weighted by Crippen LogP contribution is 2.29. The van der Waals surface area contributed by atoms with Crippen LogP contribution in [0.3, 0.4) is 0 Å². The molecule has 0 atom stereocenters. The standard InChI is InChI=1S/C12H13N3O3S2/c1-3-5-13-11-14-15-12(20-11)19-7-9-8(4-6-18-9)10(16)17-2/h3-4,6H,1,5,7H2,2H3,(H,13,14). The smallest absolute Gasteiger partial charge is 0.341 e. The van der Waals surface area contributed by atoms with E-state index in [1.165, 1.54) is 36.5 Å². The average Bonchev–Trinajstić information content (AvgIpc) is 3.10. The first-order chi connectivity index (χ1) is 9.74. The number of ether oxygens (including phenoxy) is 1. The van der Waals surface area contributed by atoms with Crippen molar-refractivity contribution in [2.45, 2.75) is 10.1 Å². The number of methoxy groups -OCH3 is 1. The number of carbonyl (C=O) groups is 1. The van der Waals surface area contributed by atoms with Crippen LogP contribution < -0.4 is 5.32 Å². The second-order valence-corrected chi connectivity index (χ2v) is 5.78. The molecular formula is C12H13N3O3S2. The third kappa shape index (κ3) is 3.61. The summed E-state index contributed by atoms with van der Waals surface area (Å²) in [5, 5.41) is 11.8. The minimum absolute atomic E-state index is 0.403. The minimum atomic E-state index is -0.403. The van der Waals surface area contributed by atoms with Gasteiger partial charge in [-0.05, 0) is 6.07 Å². The van der Waals surface area contributed by atoms with Gasteiger partial charge in [-0.15, -0.1) is 16.8 Å². The van der Waals surface area contributed by atoms with Gasteiger partial charge in [-0.25, -0.2) is 4.79 Å². The Morgan fingerprint density at radius 2 is 2.50 bits per heavy atom. The highest BCUT2D eigenvalue weighted by Gasteiger charge is 2.16. The van der Waals surface area contributed by atoms with Gasteiger partial charge in [-0.1, -0.05) is 29.2 Å². The number of anilines is 1. The van der Waals surface area contributed by atoms with Gasteiger partial charge >= 0.3 is 5.97 Å². The molecule has 0 bridgehead atoms. The van der Waals surface area contributed by atoms with Crippen molar-refractivity contribution in [1.82, 2.24) is 10.2 Å². The van der Waals surface area contributed by atoms with Crippen LogP contribution in [0, 0.1) is 0 Å². The first kappa shape index (κ1) is 14.6. The Bertz CT molecular complexity index is 594. The van der Waals surface area contributed by atoms with Crippen molar-refractivity contribution in [3.63, 3.8) is 0 Å². The van der Waals surface area contributed by atoms with E-state index in [0.29, 0.717) is 23.6 Å². The van der Waals surface area contributed by atoms with E-state index in [0.717, 1.165) is 9.47 Å². The summed E-state index contributed by atoms with van der Waals surface area (Å²) in [6.07, 6.45) is 3.22. The predicted octanol–water partition coefficient (Wildman–Crippen LogP) is 2.81. The predicted molar refractivity (Wildman–Crippen MR) is 78.2 cm³/mol. The lowest BCUT2D eigenvalue weighted by atomic mass is 10.3. The van der Waals surface area contributed by atoms with Crippen LogP contribution in [0.4, 0.5) is 5.13 Å². The molecule has 0 aliphatic carbocycles. The van der Waals surface area contributed by atoms with Gasteiger partial charge in [-0.3, -0.25) is 0 Å². The van der Waals surface area contributed by atoms with Crippen LogP contribution >= 0.6 is 23.1 Å². The summed E-state index contributed by atoms with van der Waals surface area (Å²) >= 11 is 2.89. The molecule has 0 amide bonds. The summed E-state index contributed by atoms with van der Waals surface area (Å²) in [6, 6.07) is 1.60. The molecule has 0 radical (unpaired) electrons. The molecule has 0 saturated carbocycles. The number of nitrogens with zero attached hydrogens (tertiary/aromatic N) is 2. The molecule has 0 saturated heterocycles. The monoisotopic (exact) mass is 311 g/mol.